The Kier molecular flexibility index (Phi) is 3.84. The normalized spacial score (nSPS) is 30.9. The third kappa shape index (κ3) is 2.67. The lowest BCUT2D eigenvalue weighted by molar-refractivity contribution is 0.0996. The molecule has 4 unspecified atom stereocenters. The van der Waals surface area contributed by atoms with Gasteiger partial charge in [-0.05, 0) is 32.2 Å². The maximum atomic E-state index is 5.86. The minimum Gasteiger partial charge on any atom is -0.374 e. The van der Waals surface area contributed by atoms with Gasteiger partial charge >= 0.3 is 0 Å². The van der Waals surface area contributed by atoms with E-state index in [0.29, 0.717) is 24.2 Å². The van der Waals surface area contributed by atoms with Crippen LogP contribution in [0.25, 0.3) is 0 Å². The van der Waals surface area contributed by atoms with Gasteiger partial charge in [0.05, 0.1) is 18.1 Å². The SMILES string of the molecule is CCNC(CC)Cc1nc(C2CC3CCC2O3)no1. The molecular formula is C14H23N3O2. The van der Waals surface area contributed by atoms with Gasteiger partial charge in [-0.15, -0.1) is 0 Å². The van der Waals surface area contributed by atoms with Gasteiger partial charge in [0.25, 0.3) is 0 Å². The second-order valence-corrected chi connectivity index (χ2v) is 5.63. The Bertz CT molecular complexity index is 421. The average Bonchev–Trinajstić information content (AvgIpc) is 3.13. The summed E-state index contributed by atoms with van der Waals surface area (Å²) < 4.78 is 11.3. The fraction of sp³-hybridized carbons (Fsp3) is 0.857. The quantitative estimate of drug-likeness (QED) is 0.853. The van der Waals surface area contributed by atoms with Crippen molar-refractivity contribution in [2.75, 3.05) is 6.54 Å². The Labute approximate surface area is 114 Å². The van der Waals surface area contributed by atoms with E-state index in [9.17, 15) is 0 Å². The largest absolute Gasteiger partial charge is 0.374 e. The molecule has 0 spiro atoms. The molecule has 2 bridgehead atoms. The van der Waals surface area contributed by atoms with Crippen molar-refractivity contribution in [1.82, 2.24) is 15.5 Å². The molecule has 1 N–H and O–H groups in total. The van der Waals surface area contributed by atoms with Crippen molar-refractivity contribution in [3.05, 3.63) is 11.7 Å². The van der Waals surface area contributed by atoms with Crippen molar-refractivity contribution in [3.8, 4) is 0 Å². The second-order valence-electron chi connectivity index (χ2n) is 5.63. The molecule has 0 saturated carbocycles. The van der Waals surface area contributed by atoms with E-state index in [1.54, 1.807) is 0 Å². The average molecular weight is 265 g/mol. The number of hydrogen-bond donors (Lipinski definition) is 1. The summed E-state index contributed by atoms with van der Waals surface area (Å²) in [5.74, 6) is 1.97. The van der Waals surface area contributed by atoms with Gasteiger partial charge in [-0.3, -0.25) is 0 Å². The van der Waals surface area contributed by atoms with Crippen molar-refractivity contribution >= 4 is 0 Å². The molecule has 0 aliphatic carbocycles. The molecule has 0 radical (unpaired) electrons. The lowest BCUT2D eigenvalue weighted by Gasteiger charge is -2.14. The number of rotatable bonds is 6. The molecular weight excluding hydrogens is 242 g/mol. The lowest BCUT2D eigenvalue weighted by Crippen LogP contribution is -2.30. The van der Waals surface area contributed by atoms with Gasteiger partial charge in [0.2, 0.25) is 5.89 Å². The molecule has 2 aliphatic rings. The highest BCUT2D eigenvalue weighted by atomic mass is 16.5. The third-order valence-electron chi connectivity index (χ3n) is 4.33. The van der Waals surface area contributed by atoms with Gasteiger partial charge < -0.3 is 14.6 Å². The molecule has 4 atom stereocenters. The molecule has 2 aliphatic heterocycles. The molecule has 5 heteroatoms. The molecule has 2 fully saturated rings. The van der Waals surface area contributed by atoms with Gasteiger partial charge in [0.1, 0.15) is 0 Å². The summed E-state index contributed by atoms with van der Waals surface area (Å²) in [5.41, 5.74) is 0. The fourth-order valence-electron chi connectivity index (χ4n) is 3.27. The van der Waals surface area contributed by atoms with Crippen molar-refractivity contribution in [2.24, 2.45) is 0 Å². The van der Waals surface area contributed by atoms with Crippen molar-refractivity contribution in [2.45, 2.75) is 70.1 Å². The van der Waals surface area contributed by atoms with Crippen LogP contribution in [0.1, 0.15) is 57.2 Å². The molecule has 1 aromatic rings. The third-order valence-corrected chi connectivity index (χ3v) is 4.33. The monoisotopic (exact) mass is 265 g/mol. The molecule has 19 heavy (non-hydrogen) atoms. The van der Waals surface area contributed by atoms with Crippen molar-refractivity contribution in [3.63, 3.8) is 0 Å². The summed E-state index contributed by atoms with van der Waals surface area (Å²) in [6.45, 7) is 5.27. The Balaban J connectivity index is 1.63. The molecule has 0 amide bonds. The van der Waals surface area contributed by atoms with Gasteiger partial charge in [-0.25, -0.2) is 0 Å². The number of likely N-dealkylation sites (N-methyl/N-ethyl adjacent to an activating group) is 1. The molecule has 3 heterocycles. The first-order valence-electron chi connectivity index (χ1n) is 7.51. The molecule has 0 aromatic carbocycles. The Morgan fingerprint density at radius 2 is 2.26 bits per heavy atom. The highest BCUT2D eigenvalue weighted by Gasteiger charge is 2.43. The van der Waals surface area contributed by atoms with Crippen molar-refractivity contribution < 1.29 is 9.26 Å². The minimum absolute atomic E-state index is 0.325. The van der Waals surface area contributed by atoms with E-state index in [4.69, 9.17) is 9.26 Å². The van der Waals surface area contributed by atoms with Crippen LogP contribution >= 0.6 is 0 Å². The number of aromatic nitrogens is 2. The molecule has 5 nitrogen and oxygen atoms in total. The smallest absolute Gasteiger partial charge is 0.228 e. The fourth-order valence-corrected chi connectivity index (χ4v) is 3.27. The summed E-state index contributed by atoms with van der Waals surface area (Å²) in [6.07, 6.45) is 6.06. The number of nitrogens with zero attached hydrogens (tertiary/aromatic N) is 2. The second kappa shape index (κ2) is 5.59. The van der Waals surface area contributed by atoms with Crippen LogP contribution < -0.4 is 5.32 Å². The first kappa shape index (κ1) is 13.1. The van der Waals surface area contributed by atoms with Crippen LogP contribution in [-0.2, 0) is 11.2 Å². The van der Waals surface area contributed by atoms with Crippen LogP contribution in [-0.4, -0.2) is 34.9 Å². The number of nitrogens with one attached hydrogen (secondary N) is 1. The van der Waals surface area contributed by atoms with E-state index in [1.165, 1.54) is 6.42 Å². The van der Waals surface area contributed by atoms with Crippen LogP contribution in [0.3, 0.4) is 0 Å². The van der Waals surface area contributed by atoms with Gasteiger partial charge in [0.15, 0.2) is 5.82 Å². The highest BCUT2D eigenvalue weighted by Crippen LogP contribution is 2.43. The topological polar surface area (TPSA) is 60.2 Å². The standard InChI is InChI=1S/C14H23N3O2/c1-3-9(15-4-2)7-13-16-14(17-19-13)11-8-10-5-6-12(11)18-10/h9-12,15H,3-8H2,1-2H3. The van der Waals surface area contributed by atoms with Crippen LogP contribution in [0.15, 0.2) is 4.52 Å². The zero-order chi connectivity index (χ0) is 13.2. The van der Waals surface area contributed by atoms with E-state index < -0.39 is 0 Å². The molecule has 1 aromatic heterocycles. The highest BCUT2D eigenvalue weighted by molar-refractivity contribution is 5.07. The molecule has 2 saturated heterocycles. The summed E-state index contributed by atoms with van der Waals surface area (Å²) in [6, 6.07) is 0.426. The summed E-state index contributed by atoms with van der Waals surface area (Å²) >= 11 is 0. The molecule has 106 valence electrons. The van der Waals surface area contributed by atoms with Crippen LogP contribution in [0.5, 0.6) is 0 Å². The zero-order valence-electron chi connectivity index (χ0n) is 11.8. The van der Waals surface area contributed by atoms with E-state index in [1.807, 2.05) is 0 Å². The first-order valence-corrected chi connectivity index (χ1v) is 7.51. The maximum Gasteiger partial charge on any atom is 0.228 e. The summed E-state index contributed by atoms with van der Waals surface area (Å²) in [4.78, 5) is 4.58. The predicted octanol–water partition coefficient (Wildman–Crippen LogP) is 2.04. The van der Waals surface area contributed by atoms with E-state index in [2.05, 4.69) is 29.3 Å². The van der Waals surface area contributed by atoms with Crippen LogP contribution in [0.4, 0.5) is 0 Å². The molecule has 3 rings (SSSR count). The number of ether oxygens (including phenoxy) is 1. The van der Waals surface area contributed by atoms with Crippen molar-refractivity contribution in [1.29, 1.82) is 0 Å². The van der Waals surface area contributed by atoms with Crippen LogP contribution in [0, 0.1) is 0 Å². The van der Waals surface area contributed by atoms with Gasteiger partial charge in [-0.1, -0.05) is 19.0 Å². The van der Waals surface area contributed by atoms with E-state index >= 15 is 0 Å². The Morgan fingerprint density at radius 3 is 2.89 bits per heavy atom. The van der Waals surface area contributed by atoms with E-state index in [-0.39, 0.29) is 0 Å². The van der Waals surface area contributed by atoms with E-state index in [0.717, 1.165) is 43.9 Å². The Morgan fingerprint density at radius 1 is 1.37 bits per heavy atom. The lowest BCUT2D eigenvalue weighted by atomic mass is 9.89. The minimum atomic E-state index is 0.325. The Hall–Kier alpha value is -0.940. The summed E-state index contributed by atoms with van der Waals surface area (Å²) in [7, 11) is 0. The van der Waals surface area contributed by atoms with Crippen LogP contribution in [0.2, 0.25) is 0 Å². The predicted molar refractivity (Wildman–Crippen MR) is 71.0 cm³/mol. The number of hydrogen-bond acceptors (Lipinski definition) is 5. The maximum absolute atomic E-state index is 5.86. The summed E-state index contributed by atoms with van der Waals surface area (Å²) in [5, 5.41) is 7.60. The van der Waals surface area contributed by atoms with Gasteiger partial charge in [0, 0.05) is 12.5 Å². The van der Waals surface area contributed by atoms with Gasteiger partial charge in [-0.2, -0.15) is 4.98 Å². The first-order chi connectivity index (χ1) is 9.30. The zero-order valence-corrected chi connectivity index (χ0v) is 11.8. The number of fused-ring (bicyclic) bond motifs is 2.